The molecule has 134 valence electrons. The highest BCUT2D eigenvalue weighted by molar-refractivity contribution is 5.54. The van der Waals surface area contributed by atoms with Gasteiger partial charge < -0.3 is 14.4 Å². The number of hydrogen-bond donors (Lipinski definition) is 0. The van der Waals surface area contributed by atoms with Gasteiger partial charge in [0.25, 0.3) is 0 Å². The first kappa shape index (κ1) is 16.4. The van der Waals surface area contributed by atoms with Crippen molar-refractivity contribution in [3.05, 3.63) is 30.0 Å². The maximum absolute atomic E-state index is 4.96. The van der Waals surface area contributed by atoms with Gasteiger partial charge in [0.2, 0.25) is 5.95 Å². The van der Waals surface area contributed by atoms with Crippen molar-refractivity contribution in [3.63, 3.8) is 0 Å². The van der Waals surface area contributed by atoms with Gasteiger partial charge in [0.05, 0.1) is 12.0 Å². The van der Waals surface area contributed by atoms with E-state index < -0.39 is 0 Å². The van der Waals surface area contributed by atoms with E-state index in [0.29, 0.717) is 5.92 Å². The van der Waals surface area contributed by atoms with Gasteiger partial charge in [0, 0.05) is 51.7 Å². The third-order valence-corrected chi connectivity index (χ3v) is 5.40. The standard InChI is InChI=1S/C19H28N6/c1-23(2)19-21-17-8-4-3-7-16(17)18(22-19)25-10-5-6-15(13-25)12-24-11-9-20-14-24/h9,11,14-15H,3-8,10,12-13H2,1-2H3. The fourth-order valence-corrected chi connectivity index (χ4v) is 4.12. The summed E-state index contributed by atoms with van der Waals surface area (Å²) in [4.78, 5) is 18.5. The SMILES string of the molecule is CN(C)c1nc2c(c(N3CCCC(Cn4ccnc4)C3)n1)CCCC2. The largest absolute Gasteiger partial charge is 0.356 e. The van der Waals surface area contributed by atoms with Gasteiger partial charge >= 0.3 is 0 Å². The molecule has 1 aliphatic heterocycles. The van der Waals surface area contributed by atoms with Crippen molar-refractivity contribution in [1.82, 2.24) is 19.5 Å². The van der Waals surface area contributed by atoms with Gasteiger partial charge in [-0.2, -0.15) is 4.98 Å². The molecule has 0 aromatic carbocycles. The van der Waals surface area contributed by atoms with E-state index in [9.17, 15) is 0 Å². The maximum Gasteiger partial charge on any atom is 0.227 e. The Morgan fingerprint density at radius 3 is 2.84 bits per heavy atom. The number of fused-ring (bicyclic) bond motifs is 1. The van der Waals surface area contributed by atoms with E-state index in [-0.39, 0.29) is 0 Å². The minimum atomic E-state index is 0.653. The van der Waals surface area contributed by atoms with E-state index in [0.717, 1.165) is 38.4 Å². The third-order valence-electron chi connectivity index (χ3n) is 5.40. The topological polar surface area (TPSA) is 50.1 Å². The van der Waals surface area contributed by atoms with Crippen LogP contribution in [0.4, 0.5) is 11.8 Å². The van der Waals surface area contributed by atoms with Gasteiger partial charge in [0.1, 0.15) is 5.82 Å². The molecule has 1 saturated heterocycles. The second kappa shape index (κ2) is 7.02. The number of anilines is 2. The van der Waals surface area contributed by atoms with E-state index in [1.165, 1.54) is 42.8 Å². The van der Waals surface area contributed by atoms with Crippen LogP contribution in [0.3, 0.4) is 0 Å². The predicted octanol–water partition coefficient (Wildman–Crippen LogP) is 2.53. The summed E-state index contributed by atoms with van der Waals surface area (Å²) in [5.41, 5.74) is 2.68. The van der Waals surface area contributed by atoms with E-state index in [1.807, 2.05) is 31.5 Å². The average Bonchev–Trinajstić information content (AvgIpc) is 3.14. The minimum Gasteiger partial charge on any atom is -0.356 e. The van der Waals surface area contributed by atoms with Crippen LogP contribution in [0.15, 0.2) is 18.7 Å². The summed E-state index contributed by atoms with van der Waals surface area (Å²) in [6.45, 7) is 3.23. The maximum atomic E-state index is 4.96. The quantitative estimate of drug-likeness (QED) is 0.856. The lowest BCUT2D eigenvalue weighted by Gasteiger charge is -2.36. The van der Waals surface area contributed by atoms with E-state index >= 15 is 0 Å². The van der Waals surface area contributed by atoms with E-state index in [2.05, 4.69) is 20.6 Å². The molecule has 2 aliphatic rings. The summed E-state index contributed by atoms with van der Waals surface area (Å²) in [5, 5.41) is 0. The van der Waals surface area contributed by atoms with Gasteiger partial charge in [-0.15, -0.1) is 0 Å². The number of rotatable bonds is 4. The third kappa shape index (κ3) is 3.48. The van der Waals surface area contributed by atoms with E-state index in [4.69, 9.17) is 9.97 Å². The molecular formula is C19H28N6. The molecule has 1 fully saturated rings. The molecule has 2 aromatic rings. The number of hydrogen-bond acceptors (Lipinski definition) is 5. The Kier molecular flexibility index (Phi) is 4.59. The van der Waals surface area contributed by atoms with Gasteiger partial charge in [-0.25, -0.2) is 9.97 Å². The molecule has 1 aliphatic carbocycles. The molecule has 6 heteroatoms. The van der Waals surface area contributed by atoms with Crippen LogP contribution >= 0.6 is 0 Å². The molecule has 1 atom stereocenters. The number of aromatic nitrogens is 4. The van der Waals surface area contributed by atoms with Crippen LogP contribution in [-0.4, -0.2) is 46.7 Å². The Morgan fingerprint density at radius 2 is 2.04 bits per heavy atom. The van der Waals surface area contributed by atoms with Crippen molar-refractivity contribution in [1.29, 1.82) is 0 Å². The molecule has 1 unspecified atom stereocenters. The summed E-state index contributed by atoms with van der Waals surface area (Å²) < 4.78 is 2.20. The number of nitrogens with zero attached hydrogens (tertiary/aromatic N) is 6. The summed E-state index contributed by atoms with van der Waals surface area (Å²) in [7, 11) is 4.07. The first-order valence-corrected chi connectivity index (χ1v) is 9.48. The second-order valence-electron chi connectivity index (χ2n) is 7.59. The number of imidazole rings is 1. The molecule has 3 heterocycles. The van der Waals surface area contributed by atoms with Gasteiger partial charge in [0.15, 0.2) is 0 Å². The fraction of sp³-hybridized carbons (Fsp3) is 0.632. The Hall–Kier alpha value is -2.11. The molecule has 0 saturated carbocycles. The van der Waals surface area contributed by atoms with Crippen molar-refractivity contribution in [3.8, 4) is 0 Å². The number of aryl methyl sites for hydroxylation is 1. The molecule has 0 spiro atoms. The highest BCUT2D eigenvalue weighted by Crippen LogP contribution is 2.32. The zero-order valence-corrected chi connectivity index (χ0v) is 15.4. The summed E-state index contributed by atoms with van der Waals surface area (Å²) in [6, 6.07) is 0. The predicted molar refractivity (Wildman–Crippen MR) is 100 cm³/mol. The van der Waals surface area contributed by atoms with Crippen LogP contribution in [0.5, 0.6) is 0 Å². The lowest BCUT2D eigenvalue weighted by molar-refractivity contribution is 0.364. The Labute approximate surface area is 149 Å². The molecule has 0 radical (unpaired) electrons. The Morgan fingerprint density at radius 1 is 1.16 bits per heavy atom. The highest BCUT2D eigenvalue weighted by Gasteiger charge is 2.26. The van der Waals surface area contributed by atoms with Gasteiger partial charge in [-0.1, -0.05) is 0 Å². The second-order valence-corrected chi connectivity index (χ2v) is 7.59. The molecule has 6 nitrogen and oxygen atoms in total. The fourth-order valence-electron chi connectivity index (χ4n) is 4.12. The van der Waals surface area contributed by atoms with Gasteiger partial charge in [-0.3, -0.25) is 0 Å². The lowest BCUT2D eigenvalue weighted by atomic mass is 9.94. The van der Waals surface area contributed by atoms with E-state index in [1.54, 1.807) is 0 Å². The number of piperidine rings is 1. The highest BCUT2D eigenvalue weighted by atomic mass is 15.3. The molecular weight excluding hydrogens is 312 g/mol. The van der Waals surface area contributed by atoms with Crippen LogP contribution in [-0.2, 0) is 19.4 Å². The summed E-state index contributed by atoms with van der Waals surface area (Å²) >= 11 is 0. The Bertz CT molecular complexity index is 709. The average molecular weight is 340 g/mol. The Balaban J connectivity index is 1.60. The molecule has 25 heavy (non-hydrogen) atoms. The molecule has 0 amide bonds. The van der Waals surface area contributed by atoms with Crippen molar-refractivity contribution in [2.45, 2.75) is 45.1 Å². The van der Waals surface area contributed by atoms with Crippen molar-refractivity contribution in [2.24, 2.45) is 5.92 Å². The minimum absolute atomic E-state index is 0.653. The van der Waals surface area contributed by atoms with Crippen LogP contribution in [0.1, 0.15) is 36.9 Å². The normalized spacial score (nSPS) is 20.4. The molecule has 4 rings (SSSR count). The lowest BCUT2D eigenvalue weighted by Crippen LogP contribution is -2.38. The molecule has 2 aromatic heterocycles. The summed E-state index contributed by atoms with van der Waals surface area (Å²) in [6.07, 6.45) is 13.1. The monoisotopic (exact) mass is 340 g/mol. The van der Waals surface area contributed by atoms with Crippen LogP contribution in [0, 0.1) is 5.92 Å². The first-order chi connectivity index (χ1) is 12.2. The van der Waals surface area contributed by atoms with Crippen LogP contribution in [0.25, 0.3) is 0 Å². The smallest absolute Gasteiger partial charge is 0.227 e. The molecule has 0 N–H and O–H groups in total. The zero-order valence-electron chi connectivity index (χ0n) is 15.4. The van der Waals surface area contributed by atoms with Crippen molar-refractivity contribution >= 4 is 11.8 Å². The van der Waals surface area contributed by atoms with Crippen LogP contribution in [0.2, 0.25) is 0 Å². The van der Waals surface area contributed by atoms with Crippen molar-refractivity contribution in [2.75, 3.05) is 37.0 Å². The zero-order chi connectivity index (χ0) is 17.2. The van der Waals surface area contributed by atoms with Crippen LogP contribution < -0.4 is 9.80 Å². The van der Waals surface area contributed by atoms with Crippen molar-refractivity contribution < 1.29 is 0 Å². The van der Waals surface area contributed by atoms with Gasteiger partial charge in [-0.05, 0) is 44.4 Å². The first-order valence-electron chi connectivity index (χ1n) is 9.48. The summed E-state index contributed by atoms with van der Waals surface area (Å²) in [5.74, 6) is 2.70. The molecule has 0 bridgehead atoms.